The van der Waals surface area contributed by atoms with E-state index < -0.39 is 0 Å². The highest BCUT2D eigenvalue weighted by Crippen LogP contribution is 2.26. The van der Waals surface area contributed by atoms with Crippen LogP contribution in [0.5, 0.6) is 0 Å². The minimum atomic E-state index is -0.312. The third kappa shape index (κ3) is 5.41. The first-order chi connectivity index (χ1) is 9.08. The topological polar surface area (TPSA) is 38.3 Å². The number of benzene rings is 1. The Balaban J connectivity index is 2.74. The van der Waals surface area contributed by atoms with Gasteiger partial charge in [-0.25, -0.2) is 4.79 Å². The molecule has 106 valence electrons. The molecule has 0 saturated heterocycles. The summed E-state index contributed by atoms with van der Waals surface area (Å²) in [6, 6.07) is 5.19. The minimum Gasteiger partial charge on any atom is -0.464 e. The number of halogens is 2. The molecule has 0 fully saturated rings. The van der Waals surface area contributed by atoms with Crippen LogP contribution in [-0.2, 0) is 9.53 Å². The third-order valence-corrected chi connectivity index (χ3v) is 3.89. The molecular weight excluding hydrogens is 330 g/mol. The first-order valence-corrected chi connectivity index (χ1v) is 7.63. The van der Waals surface area contributed by atoms with E-state index in [1.807, 2.05) is 19.1 Å². The Morgan fingerprint density at radius 2 is 2.21 bits per heavy atom. The molecule has 5 heteroatoms. The van der Waals surface area contributed by atoms with Crippen LogP contribution in [0.15, 0.2) is 22.7 Å². The summed E-state index contributed by atoms with van der Waals surface area (Å²) in [5.74, 6) is -0.206. The van der Waals surface area contributed by atoms with E-state index in [9.17, 15) is 4.79 Å². The van der Waals surface area contributed by atoms with Gasteiger partial charge in [0.25, 0.3) is 0 Å². The second-order valence-electron chi connectivity index (χ2n) is 4.22. The van der Waals surface area contributed by atoms with Crippen molar-refractivity contribution < 1.29 is 9.53 Å². The van der Waals surface area contributed by atoms with E-state index in [1.54, 1.807) is 6.07 Å². The molecule has 0 amide bonds. The van der Waals surface area contributed by atoms with Gasteiger partial charge in [-0.05, 0) is 47.5 Å². The molecule has 0 spiro atoms. The fourth-order valence-electron chi connectivity index (χ4n) is 1.69. The van der Waals surface area contributed by atoms with Crippen molar-refractivity contribution in [3.8, 4) is 0 Å². The molecule has 19 heavy (non-hydrogen) atoms. The number of carbonyl (C=O) groups is 1. The molecule has 1 aromatic rings. The van der Waals surface area contributed by atoms with Crippen LogP contribution >= 0.6 is 27.5 Å². The van der Waals surface area contributed by atoms with E-state index in [1.165, 1.54) is 0 Å². The molecule has 1 atom stereocenters. The maximum Gasteiger partial charge on any atom is 0.328 e. The lowest BCUT2D eigenvalue weighted by atomic mass is 10.1. The van der Waals surface area contributed by atoms with Crippen LogP contribution < -0.4 is 5.32 Å². The van der Waals surface area contributed by atoms with Crippen LogP contribution in [0.3, 0.4) is 0 Å². The normalized spacial score (nSPS) is 12.0. The summed E-state index contributed by atoms with van der Waals surface area (Å²) in [6.07, 6.45) is 2.78. The number of hydrogen-bond donors (Lipinski definition) is 1. The summed E-state index contributed by atoms with van der Waals surface area (Å²) in [5.41, 5.74) is 0.852. The zero-order valence-electron chi connectivity index (χ0n) is 11.2. The van der Waals surface area contributed by atoms with E-state index in [2.05, 4.69) is 28.2 Å². The predicted molar refractivity (Wildman–Crippen MR) is 82.7 cm³/mol. The summed E-state index contributed by atoms with van der Waals surface area (Å²) < 4.78 is 5.89. The number of hydrogen-bond acceptors (Lipinski definition) is 3. The Hall–Kier alpha value is -0.740. The molecule has 1 rings (SSSR count). The fraction of sp³-hybridized carbons (Fsp3) is 0.500. The van der Waals surface area contributed by atoms with E-state index in [-0.39, 0.29) is 12.0 Å². The molecule has 1 N–H and O–H groups in total. The molecule has 0 aliphatic rings. The molecule has 0 saturated carbocycles. The Kier molecular flexibility index (Phi) is 7.24. The molecule has 0 bridgehead atoms. The summed E-state index contributed by atoms with van der Waals surface area (Å²) >= 11 is 9.32. The molecule has 0 radical (unpaired) electrons. The zero-order chi connectivity index (χ0) is 14.3. The molecule has 0 aromatic heterocycles. The maximum atomic E-state index is 11.9. The van der Waals surface area contributed by atoms with Crippen molar-refractivity contribution >= 4 is 39.2 Å². The number of carbonyl (C=O) groups excluding carboxylic acids is 1. The Morgan fingerprint density at radius 3 is 2.79 bits per heavy atom. The lowest BCUT2D eigenvalue weighted by Crippen LogP contribution is -2.31. The predicted octanol–water partition coefficient (Wildman–Crippen LogP) is 4.64. The number of anilines is 1. The molecule has 0 aliphatic carbocycles. The van der Waals surface area contributed by atoms with Gasteiger partial charge < -0.3 is 10.1 Å². The van der Waals surface area contributed by atoms with E-state index >= 15 is 0 Å². The van der Waals surface area contributed by atoms with Gasteiger partial charge in [0.05, 0.1) is 11.6 Å². The summed E-state index contributed by atoms with van der Waals surface area (Å²) in [6.45, 7) is 4.31. The van der Waals surface area contributed by atoms with Gasteiger partial charge in [-0.1, -0.05) is 31.4 Å². The van der Waals surface area contributed by atoms with Crippen molar-refractivity contribution in [1.29, 1.82) is 0 Å². The molecule has 1 unspecified atom stereocenters. The van der Waals surface area contributed by atoms with Gasteiger partial charge in [0.1, 0.15) is 6.04 Å². The van der Waals surface area contributed by atoms with E-state index in [0.29, 0.717) is 11.6 Å². The highest BCUT2D eigenvalue weighted by molar-refractivity contribution is 9.10. The van der Waals surface area contributed by atoms with Gasteiger partial charge in [0, 0.05) is 10.2 Å². The number of esters is 1. The molecule has 0 heterocycles. The largest absolute Gasteiger partial charge is 0.464 e. The summed E-state index contributed by atoms with van der Waals surface area (Å²) in [7, 11) is 0. The van der Waals surface area contributed by atoms with Crippen molar-refractivity contribution in [2.75, 3.05) is 11.9 Å². The Bertz CT molecular complexity index is 426. The summed E-state index contributed by atoms with van der Waals surface area (Å²) in [5, 5.41) is 3.85. The van der Waals surface area contributed by atoms with Gasteiger partial charge in [-0.15, -0.1) is 0 Å². The average Bonchev–Trinajstić information content (AvgIpc) is 2.39. The van der Waals surface area contributed by atoms with Crippen molar-refractivity contribution in [3.63, 3.8) is 0 Å². The summed E-state index contributed by atoms with van der Waals surface area (Å²) in [4.78, 5) is 11.9. The Labute approximate surface area is 127 Å². The number of rotatable bonds is 7. The fourth-order valence-corrected chi connectivity index (χ4v) is 2.18. The van der Waals surface area contributed by atoms with Gasteiger partial charge >= 0.3 is 5.97 Å². The van der Waals surface area contributed by atoms with Crippen LogP contribution in [0, 0.1) is 0 Å². The minimum absolute atomic E-state index is 0.206. The smallest absolute Gasteiger partial charge is 0.328 e. The van der Waals surface area contributed by atoms with Crippen LogP contribution in [0.2, 0.25) is 5.02 Å². The van der Waals surface area contributed by atoms with Crippen molar-refractivity contribution in [2.24, 2.45) is 0 Å². The SMILES string of the molecule is CCCCC(Nc1ccc(Cl)c(Br)c1)C(=O)OCC. The molecule has 3 nitrogen and oxygen atoms in total. The van der Waals surface area contributed by atoms with Crippen molar-refractivity contribution in [3.05, 3.63) is 27.7 Å². The monoisotopic (exact) mass is 347 g/mol. The van der Waals surface area contributed by atoms with E-state index in [0.717, 1.165) is 29.4 Å². The highest BCUT2D eigenvalue weighted by Gasteiger charge is 2.19. The molecular formula is C14H19BrClNO2. The van der Waals surface area contributed by atoms with Crippen LogP contribution in [0.25, 0.3) is 0 Å². The first-order valence-electron chi connectivity index (χ1n) is 6.46. The molecule has 0 aliphatic heterocycles. The number of unbranched alkanes of at least 4 members (excludes halogenated alkanes) is 1. The van der Waals surface area contributed by atoms with Gasteiger partial charge in [0.2, 0.25) is 0 Å². The maximum absolute atomic E-state index is 11.9. The average molecular weight is 349 g/mol. The van der Waals surface area contributed by atoms with E-state index in [4.69, 9.17) is 16.3 Å². The van der Waals surface area contributed by atoms with Gasteiger partial charge in [-0.2, -0.15) is 0 Å². The van der Waals surface area contributed by atoms with Crippen LogP contribution in [-0.4, -0.2) is 18.6 Å². The second kappa shape index (κ2) is 8.43. The highest BCUT2D eigenvalue weighted by atomic mass is 79.9. The number of nitrogens with one attached hydrogen (secondary N) is 1. The zero-order valence-corrected chi connectivity index (χ0v) is 13.6. The van der Waals surface area contributed by atoms with Crippen molar-refractivity contribution in [2.45, 2.75) is 39.2 Å². The van der Waals surface area contributed by atoms with Crippen LogP contribution in [0.4, 0.5) is 5.69 Å². The lowest BCUT2D eigenvalue weighted by Gasteiger charge is -2.18. The number of ether oxygens (including phenoxy) is 1. The second-order valence-corrected chi connectivity index (χ2v) is 5.48. The standard InChI is InChI=1S/C14H19BrClNO2/c1-3-5-6-13(14(18)19-4-2)17-10-7-8-12(16)11(15)9-10/h7-9,13,17H,3-6H2,1-2H3. The Morgan fingerprint density at radius 1 is 1.47 bits per heavy atom. The third-order valence-electron chi connectivity index (χ3n) is 2.68. The van der Waals surface area contributed by atoms with Gasteiger partial charge in [-0.3, -0.25) is 0 Å². The lowest BCUT2D eigenvalue weighted by molar-refractivity contribution is -0.144. The van der Waals surface area contributed by atoms with Crippen molar-refractivity contribution in [1.82, 2.24) is 0 Å². The molecule has 1 aromatic carbocycles. The van der Waals surface area contributed by atoms with Gasteiger partial charge in [0.15, 0.2) is 0 Å². The first kappa shape index (κ1) is 16.3. The van der Waals surface area contributed by atoms with Crippen LogP contribution in [0.1, 0.15) is 33.1 Å². The quantitative estimate of drug-likeness (QED) is 0.730.